The second kappa shape index (κ2) is 6.42. The van der Waals surface area contributed by atoms with E-state index in [0.29, 0.717) is 12.8 Å². The third-order valence-corrected chi connectivity index (χ3v) is 5.07. The quantitative estimate of drug-likeness (QED) is 0.854. The van der Waals surface area contributed by atoms with Gasteiger partial charge in [-0.25, -0.2) is 8.42 Å². The fourth-order valence-corrected chi connectivity index (χ4v) is 3.64. The van der Waals surface area contributed by atoms with Gasteiger partial charge in [0.25, 0.3) is 0 Å². The van der Waals surface area contributed by atoms with E-state index >= 15 is 0 Å². The minimum Gasteiger partial charge on any atom is -0.207 e. The molecule has 22 heavy (non-hydrogen) atoms. The molecule has 0 aliphatic heterocycles. The smallest absolute Gasteiger partial charge is 0.207 e. The molecule has 0 fully saturated rings. The molecule has 1 aliphatic rings. The van der Waals surface area contributed by atoms with Crippen LogP contribution in [0.2, 0.25) is 0 Å². The molecule has 1 aromatic carbocycles. The highest BCUT2D eigenvalue weighted by molar-refractivity contribution is 7.89. The van der Waals surface area contributed by atoms with E-state index in [0.717, 1.165) is 12.0 Å². The standard InChI is InChI=1S/C15H18F3NO2S/c1-11-7-9-13(10-8-11)22(20,21)19-14(15(16,17)18)12-5-3-2-4-6-12/h5,7-10,14,19H,2-4,6H2,1H3. The van der Waals surface area contributed by atoms with E-state index in [1.165, 1.54) is 18.2 Å². The highest BCUT2D eigenvalue weighted by Gasteiger charge is 2.44. The van der Waals surface area contributed by atoms with Crippen LogP contribution in [-0.4, -0.2) is 20.6 Å². The lowest BCUT2D eigenvalue weighted by Gasteiger charge is -2.26. The zero-order valence-electron chi connectivity index (χ0n) is 12.2. The van der Waals surface area contributed by atoms with Crippen LogP contribution in [0.3, 0.4) is 0 Å². The summed E-state index contributed by atoms with van der Waals surface area (Å²) in [6.45, 7) is 1.77. The van der Waals surface area contributed by atoms with E-state index in [1.807, 2.05) is 4.72 Å². The highest BCUT2D eigenvalue weighted by Crippen LogP contribution is 2.32. The summed E-state index contributed by atoms with van der Waals surface area (Å²) >= 11 is 0. The van der Waals surface area contributed by atoms with Gasteiger partial charge in [-0.15, -0.1) is 0 Å². The Morgan fingerprint density at radius 1 is 1.14 bits per heavy atom. The predicted molar refractivity (Wildman–Crippen MR) is 77.9 cm³/mol. The van der Waals surface area contributed by atoms with E-state index in [-0.39, 0.29) is 16.9 Å². The molecule has 122 valence electrons. The first-order chi connectivity index (χ1) is 10.2. The van der Waals surface area contributed by atoms with E-state index in [2.05, 4.69) is 0 Å². The molecule has 0 bridgehead atoms. The van der Waals surface area contributed by atoms with Crippen LogP contribution < -0.4 is 4.72 Å². The highest BCUT2D eigenvalue weighted by atomic mass is 32.2. The fraction of sp³-hybridized carbons (Fsp3) is 0.467. The van der Waals surface area contributed by atoms with Crippen molar-refractivity contribution in [3.63, 3.8) is 0 Å². The molecule has 0 amide bonds. The molecule has 0 saturated carbocycles. The Hall–Kier alpha value is -1.34. The number of allylic oxidation sites excluding steroid dienone is 1. The average Bonchev–Trinajstić information content (AvgIpc) is 2.45. The summed E-state index contributed by atoms with van der Waals surface area (Å²) in [5, 5.41) is 0. The maximum Gasteiger partial charge on any atom is 0.408 e. The zero-order valence-corrected chi connectivity index (χ0v) is 13.0. The Labute approximate surface area is 128 Å². The van der Waals surface area contributed by atoms with Crippen LogP contribution in [0, 0.1) is 6.92 Å². The second-order valence-electron chi connectivity index (χ2n) is 5.43. The van der Waals surface area contributed by atoms with E-state index in [9.17, 15) is 21.6 Å². The lowest BCUT2D eigenvalue weighted by atomic mass is 9.94. The van der Waals surface area contributed by atoms with Gasteiger partial charge in [-0.05, 0) is 50.3 Å². The second-order valence-corrected chi connectivity index (χ2v) is 7.15. The molecule has 1 aliphatic carbocycles. The molecule has 1 atom stereocenters. The van der Waals surface area contributed by atoms with Crippen molar-refractivity contribution in [2.75, 3.05) is 0 Å². The van der Waals surface area contributed by atoms with Gasteiger partial charge in [-0.2, -0.15) is 17.9 Å². The van der Waals surface area contributed by atoms with Crippen molar-refractivity contribution < 1.29 is 21.6 Å². The number of aryl methyl sites for hydroxylation is 1. The number of benzene rings is 1. The summed E-state index contributed by atoms with van der Waals surface area (Å²) < 4.78 is 66.0. The Bertz CT molecular complexity index is 648. The fourth-order valence-electron chi connectivity index (χ4n) is 2.42. The molecule has 1 N–H and O–H groups in total. The maximum absolute atomic E-state index is 13.2. The molecular formula is C15H18F3NO2S. The topological polar surface area (TPSA) is 46.2 Å². The van der Waals surface area contributed by atoms with Gasteiger partial charge >= 0.3 is 6.18 Å². The largest absolute Gasteiger partial charge is 0.408 e. The van der Waals surface area contributed by atoms with Gasteiger partial charge in [0.15, 0.2) is 0 Å². The van der Waals surface area contributed by atoms with Crippen LogP contribution in [0.1, 0.15) is 31.2 Å². The molecule has 7 heteroatoms. The van der Waals surface area contributed by atoms with Crippen LogP contribution in [-0.2, 0) is 10.0 Å². The summed E-state index contributed by atoms with van der Waals surface area (Å²) in [5.74, 6) is 0. The summed E-state index contributed by atoms with van der Waals surface area (Å²) in [6, 6.07) is 3.56. The van der Waals surface area contributed by atoms with Gasteiger partial charge in [-0.3, -0.25) is 0 Å². The number of hydrogen-bond donors (Lipinski definition) is 1. The Morgan fingerprint density at radius 3 is 2.27 bits per heavy atom. The first-order valence-corrected chi connectivity index (χ1v) is 8.53. The van der Waals surface area contributed by atoms with Crippen LogP contribution in [0.4, 0.5) is 13.2 Å². The number of sulfonamides is 1. The van der Waals surface area contributed by atoms with Gasteiger partial charge in [0.2, 0.25) is 10.0 Å². The molecule has 2 rings (SSSR count). The van der Waals surface area contributed by atoms with Crippen molar-refractivity contribution >= 4 is 10.0 Å². The van der Waals surface area contributed by atoms with Gasteiger partial charge in [0.05, 0.1) is 4.90 Å². The predicted octanol–water partition coefficient (Wildman–Crippen LogP) is 3.70. The molecule has 0 radical (unpaired) electrons. The molecule has 3 nitrogen and oxygen atoms in total. The summed E-state index contributed by atoms with van der Waals surface area (Å²) in [5.41, 5.74) is 0.941. The summed E-state index contributed by atoms with van der Waals surface area (Å²) in [4.78, 5) is -0.163. The molecule has 1 aromatic rings. The van der Waals surface area contributed by atoms with Crippen molar-refractivity contribution in [1.29, 1.82) is 0 Å². The van der Waals surface area contributed by atoms with Gasteiger partial charge in [0.1, 0.15) is 6.04 Å². The Kier molecular flexibility index (Phi) is 4.97. The molecular weight excluding hydrogens is 315 g/mol. The normalized spacial score (nSPS) is 17.9. The summed E-state index contributed by atoms with van der Waals surface area (Å²) in [6.07, 6.45) is -0.863. The van der Waals surface area contributed by atoms with E-state index in [4.69, 9.17) is 0 Å². The SMILES string of the molecule is Cc1ccc(S(=O)(=O)NC(C2=CCCCC2)C(F)(F)F)cc1. The third-order valence-electron chi connectivity index (χ3n) is 3.63. The maximum atomic E-state index is 13.2. The number of hydrogen-bond acceptors (Lipinski definition) is 2. The van der Waals surface area contributed by atoms with Crippen LogP contribution in [0.5, 0.6) is 0 Å². The summed E-state index contributed by atoms with van der Waals surface area (Å²) in [7, 11) is -4.22. The first-order valence-electron chi connectivity index (χ1n) is 7.05. The first kappa shape index (κ1) is 17.0. The van der Waals surface area contributed by atoms with Gasteiger partial charge in [0, 0.05) is 0 Å². The minimum absolute atomic E-state index is 0.106. The molecule has 1 unspecified atom stereocenters. The van der Waals surface area contributed by atoms with E-state index < -0.39 is 22.2 Å². The van der Waals surface area contributed by atoms with E-state index in [1.54, 1.807) is 19.1 Å². The number of halogens is 3. The van der Waals surface area contributed by atoms with Crippen LogP contribution in [0.15, 0.2) is 40.8 Å². The number of nitrogens with one attached hydrogen (secondary N) is 1. The van der Waals surface area contributed by atoms with Crippen molar-refractivity contribution in [1.82, 2.24) is 4.72 Å². The lowest BCUT2D eigenvalue weighted by Crippen LogP contribution is -2.46. The van der Waals surface area contributed by atoms with Crippen molar-refractivity contribution in [2.24, 2.45) is 0 Å². The molecule has 0 spiro atoms. The average molecular weight is 333 g/mol. The molecule has 0 heterocycles. The van der Waals surface area contributed by atoms with Gasteiger partial charge < -0.3 is 0 Å². The number of rotatable bonds is 4. The third kappa shape index (κ3) is 4.10. The molecule has 0 saturated heterocycles. The van der Waals surface area contributed by atoms with Crippen molar-refractivity contribution in [2.45, 2.75) is 49.7 Å². The van der Waals surface area contributed by atoms with Crippen LogP contribution >= 0.6 is 0 Å². The zero-order chi connectivity index (χ0) is 16.4. The van der Waals surface area contributed by atoms with Gasteiger partial charge in [-0.1, -0.05) is 23.8 Å². The number of alkyl halides is 3. The molecule has 0 aromatic heterocycles. The Balaban J connectivity index is 2.30. The van der Waals surface area contributed by atoms with Crippen LogP contribution in [0.25, 0.3) is 0 Å². The minimum atomic E-state index is -4.65. The van der Waals surface area contributed by atoms with Crippen molar-refractivity contribution in [3.8, 4) is 0 Å². The monoisotopic (exact) mass is 333 g/mol. The lowest BCUT2D eigenvalue weighted by molar-refractivity contribution is -0.143. The Morgan fingerprint density at radius 2 is 1.77 bits per heavy atom. The van der Waals surface area contributed by atoms with Crippen molar-refractivity contribution in [3.05, 3.63) is 41.5 Å².